The molecule has 0 saturated carbocycles. The predicted molar refractivity (Wildman–Crippen MR) is 170 cm³/mol. The van der Waals surface area contributed by atoms with Gasteiger partial charge in [0.1, 0.15) is 17.2 Å². The molecule has 9 aromatic rings. The number of aromatic nitrogens is 1. The van der Waals surface area contributed by atoms with Gasteiger partial charge in [-0.3, -0.25) is 0 Å². The highest BCUT2D eigenvalue weighted by Gasteiger charge is 2.21. The van der Waals surface area contributed by atoms with E-state index in [9.17, 15) is 10.5 Å². The summed E-state index contributed by atoms with van der Waals surface area (Å²) in [5.74, 6) is 0. The van der Waals surface area contributed by atoms with Gasteiger partial charge >= 0.3 is 0 Å². The second kappa shape index (κ2) is 8.60. The zero-order chi connectivity index (χ0) is 28.7. The molecule has 0 N–H and O–H groups in total. The average molecular weight is 550 g/mol. The average Bonchev–Trinajstić information content (AvgIpc) is 3.73. The van der Waals surface area contributed by atoms with Gasteiger partial charge in [-0.25, -0.2) is 0 Å². The van der Waals surface area contributed by atoms with Gasteiger partial charge in [-0.1, -0.05) is 66.7 Å². The molecule has 9 rings (SSSR count). The molecular formula is C38H19N3O2. The van der Waals surface area contributed by atoms with Crippen LogP contribution in [0.2, 0.25) is 0 Å². The molecule has 0 atom stereocenters. The number of hydrogen-bond donors (Lipinski definition) is 0. The van der Waals surface area contributed by atoms with Crippen molar-refractivity contribution in [1.82, 2.24) is 4.57 Å². The van der Waals surface area contributed by atoms with Gasteiger partial charge in [-0.2, -0.15) is 10.5 Å². The molecule has 5 heteroatoms. The fourth-order valence-electron chi connectivity index (χ4n) is 6.58. The Balaban J connectivity index is 1.34. The highest BCUT2D eigenvalue weighted by atomic mass is 16.3. The normalized spacial score (nSPS) is 11.7. The topological polar surface area (TPSA) is 78.8 Å². The van der Waals surface area contributed by atoms with Crippen LogP contribution in [0.4, 0.5) is 0 Å². The van der Waals surface area contributed by atoms with E-state index in [0.717, 1.165) is 71.3 Å². The summed E-state index contributed by atoms with van der Waals surface area (Å²) in [5, 5.41) is 25.8. The van der Waals surface area contributed by atoms with Crippen LogP contribution < -0.4 is 0 Å². The third kappa shape index (κ3) is 3.19. The summed E-state index contributed by atoms with van der Waals surface area (Å²) in [6.45, 7) is 0. The fourth-order valence-corrected chi connectivity index (χ4v) is 6.58. The number of furan rings is 2. The molecule has 0 unspecified atom stereocenters. The molecule has 0 aliphatic heterocycles. The number of rotatable bonds is 2. The number of nitriles is 2. The van der Waals surface area contributed by atoms with Crippen LogP contribution in [0.1, 0.15) is 11.1 Å². The van der Waals surface area contributed by atoms with Crippen molar-refractivity contribution < 1.29 is 8.83 Å². The maximum absolute atomic E-state index is 10.3. The molecule has 3 aromatic heterocycles. The van der Waals surface area contributed by atoms with E-state index in [0.29, 0.717) is 22.3 Å². The van der Waals surface area contributed by atoms with E-state index in [-0.39, 0.29) is 0 Å². The molecule has 0 fully saturated rings. The highest BCUT2D eigenvalue weighted by Crippen LogP contribution is 2.42. The van der Waals surface area contributed by atoms with Gasteiger partial charge in [0.2, 0.25) is 0 Å². The Kier molecular flexibility index (Phi) is 4.68. The van der Waals surface area contributed by atoms with Crippen LogP contribution in [-0.2, 0) is 0 Å². The SMILES string of the molecule is N#Cc1ccc2c(c1)c1ccccc1n2-c1cccc2c1oc1c(C#N)cc(-c3cccc4c3oc3ccccc34)cc12. The van der Waals surface area contributed by atoms with Crippen LogP contribution in [0.15, 0.2) is 124 Å². The molecule has 198 valence electrons. The van der Waals surface area contributed by atoms with Crippen LogP contribution in [0, 0.1) is 22.7 Å². The van der Waals surface area contributed by atoms with Gasteiger partial charge in [0.25, 0.3) is 0 Å². The third-order valence-electron chi connectivity index (χ3n) is 8.46. The molecule has 0 spiro atoms. The Morgan fingerprint density at radius 1 is 0.512 bits per heavy atom. The minimum Gasteiger partial charge on any atom is -0.455 e. The fraction of sp³-hybridized carbons (Fsp3) is 0. The first-order valence-corrected chi connectivity index (χ1v) is 14.0. The Labute approximate surface area is 244 Å². The van der Waals surface area contributed by atoms with E-state index >= 15 is 0 Å². The summed E-state index contributed by atoms with van der Waals surface area (Å²) in [5.41, 5.74) is 8.62. The second-order valence-electron chi connectivity index (χ2n) is 10.7. The Morgan fingerprint density at radius 3 is 2.12 bits per heavy atom. The van der Waals surface area contributed by atoms with Crippen molar-refractivity contribution in [2.45, 2.75) is 0 Å². The molecule has 0 saturated heterocycles. The molecule has 0 aliphatic rings. The minimum atomic E-state index is 0.462. The zero-order valence-corrected chi connectivity index (χ0v) is 22.6. The number of fused-ring (bicyclic) bond motifs is 9. The number of nitrogens with zero attached hydrogens (tertiary/aromatic N) is 3. The van der Waals surface area contributed by atoms with E-state index in [4.69, 9.17) is 8.83 Å². The molecule has 5 nitrogen and oxygen atoms in total. The molecular weight excluding hydrogens is 530 g/mol. The second-order valence-corrected chi connectivity index (χ2v) is 10.7. The summed E-state index contributed by atoms with van der Waals surface area (Å²) in [6.07, 6.45) is 0. The first kappa shape index (κ1) is 23.4. The Bertz CT molecular complexity index is 2710. The standard InChI is InChI=1S/C38H19N3O2/c39-20-22-15-16-33-30(17-22)26-7-1-3-12-32(26)41(33)34-13-6-11-29-31-19-23(18-24(21-40)36(31)43-38(29)34)25-9-5-10-28-27-8-2-4-14-35(27)42-37(25)28/h1-19H. The molecule has 0 bridgehead atoms. The summed E-state index contributed by atoms with van der Waals surface area (Å²) < 4.78 is 15.1. The number of benzene rings is 6. The molecule has 43 heavy (non-hydrogen) atoms. The van der Waals surface area contributed by atoms with Gasteiger partial charge in [-0.15, -0.1) is 0 Å². The van der Waals surface area contributed by atoms with Crippen LogP contribution >= 0.6 is 0 Å². The van der Waals surface area contributed by atoms with E-state index < -0.39 is 0 Å². The van der Waals surface area contributed by atoms with E-state index in [1.165, 1.54) is 0 Å². The molecule has 0 amide bonds. The summed E-state index contributed by atoms with van der Waals surface area (Å²) in [7, 11) is 0. The highest BCUT2D eigenvalue weighted by molar-refractivity contribution is 6.15. The first-order valence-electron chi connectivity index (χ1n) is 14.0. The Hall–Kier alpha value is -6.30. The maximum atomic E-state index is 10.3. The largest absolute Gasteiger partial charge is 0.455 e. The number of hydrogen-bond acceptors (Lipinski definition) is 4. The van der Waals surface area contributed by atoms with Crippen molar-refractivity contribution in [1.29, 1.82) is 10.5 Å². The first-order chi connectivity index (χ1) is 21.2. The van der Waals surface area contributed by atoms with Gasteiger partial charge in [-0.05, 0) is 54.1 Å². The van der Waals surface area contributed by atoms with Crippen molar-refractivity contribution >= 4 is 65.7 Å². The van der Waals surface area contributed by atoms with Crippen LogP contribution in [0.3, 0.4) is 0 Å². The van der Waals surface area contributed by atoms with Crippen molar-refractivity contribution in [2.24, 2.45) is 0 Å². The summed E-state index contributed by atoms with van der Waals surface area (Å²) >= 11 is 0. The predicted octanol–water partition coefficient (Wildman–Crippen LogP) is 9.99. The van der Waals surface area contributed by atoms with Crippen molar-refractivity contribution in [3.05, 3.63) is 126 Å². The van der Waals surface area contributed by atoms with E-state index in [2.05, 4.69) is 47.0 Å². The number of para-hydroxylation sites is 4. The van der Waals surface area contributed by atoms with Crippen LogP contribution in [0.25, 0.3) is 82.5 Å². The van der Waals surface area contributed by atoms with Gasteiger partial charge in [0.15, 0.2) is 11.2 Å². The summed E-state index contributed by atoms with van der Waals surface area (Å²) in [6, 6.07) is 42.8. The molecule has 3 heterocycles. The van der Waals surface area contributed by atoms with Crippen LogP contribution in [0.5, 0.6) is 0 Å². The van der Waals surface area contributed by atoms with Gasteiger partial charge in [0, 0.05) is 37.9 Å². The molecule has 0 radical (unpaired) electrons. The summed E-state index contributed by atoms with van der Waals surface area (Å²) in [4.78, 5) is 0. The van der Waals surface area contributed by atoms with Crippen molar-refractivity contribution in [2.75, 3.05) is 0 Å². The minimum absolute atomic E-state index is 0.462. The smallest absolute Gasteiger partial charge is 0.159 e. The van der Waals surface area contributed by atoms with E-state index in [1.54, 1.807) is 0 Å². The lowest BCUT2D eigenvalue weighted by molar-refractivity contribution is 0.665. The quantitative estimate of drug-likeness (QED) is 0.215. The molecule has 6 aromatic carbocycles. The maximum Gasteiger partial charge on any atom is 0.159 e. The zero-order valence-electron chi connectivity index (χ0n) is 22.6. The van der Waals surface area contributed by atoms with Crippen molar-refractivity contribution in [3.63, 3.8) is 0 Å². The lowest BCUT2D eigenvalue weighted by atomic mass is 9.98. The lowest BCUT2D eigenvalue weighted by Crippen LogP contribution is -1.94. The molecule has 0 aliphatic carbocycles. The van der Waals surface area contributed by atoms with Gasteiger partial charge in [0.05, 0.1) is 33.9 Å². The van der Waals surface area contributed by atoms with E-state index in [1.807, 2.05) is 84.9 Å². The third-order valence-corrected chi connectivity index (χ3v) is 8.46. The lowest BCUT2D eigenvalue weighted by Gasteiger charge is -2.08. The van der Waals surface area contributed by atoms with Crippen LogP contribution in [-0.4, -0.2) is 4.57 Å². The monoisotopic (exact) mass is 549 g/mol. The Morgan fingerprint density at radius 2 is 1.26 bits per heavy atom. The van der Waals surface area contributed by atoms with Crippen molar-refractivity contribution in [3.8, 4) is 29.0 Å². The van der Waals surface area contributed by atoms with Gasteiger partial charge < -0.3 is 13.4 Å².